The van der Waals surface area contributed by atoms with Gasteiger partial charge in [0.05, 0.1) is 11.6 Å². The van der Waals surface area contributed by atoms with Gasteiger partial charge in [0.15, 0.2) is 5.76 Å². The first-order valence-corrected chi connectivity index (χ1v) is 6.44. The minimum atomic E-state index is -0.0500. The van der Waals surface area contributed by atoms with Gasteiger partial charge in [0.1, 0.15) is 5.69 Å². The molecule has 1 heterocycles. The third-order valence-corrected chi connectivity index (χ3v) is 3.00. The van der Waals surface area contributed by atoms with Crippen LogP contribution in [0.4, 0.5) is 0 Å². The van der Waals surface area contributed by atoms with Crippen molar-refractivity contribution in [3.05, 3.63) is 41.1 Å². The summed E-state index contributed by atoms with van der Waals surface area (Å²) in [6, 6.07) is 9.19. The van der Waals surface area contributed by atoms with Crippen molar-refractivity contribution in [3.8, 4) is 11.3 Å². The van der Waals surface area contributed by atoms with Crippen molar-refractivity contribution < 1.29 is 9.32 Å². The van der Waals surface area contributed by atoms with Crippen molar-refractivity contribution in [2.24, 2.45) is 5.92 Å². The highest BCUT2D eigenvalue weighted by atomic mass is 35.5. The largest absolute Gasteiger partial charge is 0.359 e. The van der Waals surface area contributed by atoms with Gasteiger partial charge in [0, 0.05) is 17.5 Å². The minimum Gasteiger partial charge on any atom is -0.359 e. The molecule has 0 spiro atoms. The van der Waals surface area contributed by atoms with Gasteiger partial charge in [0.25, 0.3) is 0 Å². The second kappa shape index (κ2) is 5.89. The van der Waals surface area contributed by atoms with Crippen molar-refractivity contribution in [1.82, 2.24) is 10.5 Å². The lowest BCUT2D eigenvalue weighted by molar-refractivity contribution is -0.124. The second-order valence-electron chi connectivity index (χ2n) is 4.53. The molecule has 0 aliphatic heterocycles. The minimum absolute atomic E-state index is 0.0179. The fraction of sp³-hybridized carbons (Fsp3) is 0.286. The van der Waals surface area contributed by atoms with Gasteiger partial charge in [-0.2, -0.15) is 0 Å². The van der Waals surface area contributed by atoms with Crippen molar-refractivity contribution in [1.29, 1.82) is 0 Å². The summed E-state index contributed by atoms with van der Waals surface area (Å²) in [5, 5.41) is 7.35. The molecular formula is C14H15ClN2O2. The summed E-state index contributed by atoms with van der Waals surface area (Å²) in [5.74, 6) is 0.533. The average molecular weight is 279 g/mol. The van der Waals surface area contributed by atoms with E-state index in [1.165, 1.54) is 0 Å². The van der Waals surface area contributed by atoms with Crippen LogP contribution in [0.3, 0.4) is 0 Å². The Bertz CT molecular complexity index is 578. The molecule has 0 fully saturated rings. The zero-order valence-electron chi connectivity index (χ0n) is 10.8. The van der Waals surface area contributed by atoms with Gasteiger partial charge in [-0.05, 0) is 6.07 Å². The number of rotatable bonds is 4. The highest BCUT2D eigenvalue weighted by Crippen LogP contribution is 2.26. The van der Waals surface area contributed by atoms with E-state index < -0.39 is 0 Å². The average Bonchev–Trinajstić information content (AvgIpc) is 2.85. The summed E-state index contributed by atoms with van der Waals surface area (Å²) < 4.78 is 5.18. The third kappa shape index (κ3) is 3.35. The molecule has 0 saturated carbocycles. The lowest BCUT2D eigenvalue weighted by Crippen LogP contribution is -2.26. The molecule has 2 aromatic rings. The third-order valence-electron chi connectivity index (χ3n) is 2.67. The van der Waals surface area contributed by atoms with Crippen LogP contribution in [0, 0.1) is 5.92 Å². The lowest BCUT2D eigenvalue weighted by atomic mass is 10.1. The monoisotopic (exact) mass is 278 g/mol. The van der Waals surface area contributed by atoms with E-state index in [-0.39, 0.29) is 11.8 Å². The molecule has 100 valence electrons. The van der Waals surface area contributed by atoms with Gasteiger partial charge in [-0.1, -0.05) is 48.8 Å². The number of carbonyl (C=O) groups excluding carboxylic acids is 1. The molecule has 1 amide bonds. The first-order valence-electron chi connectivity index (χ1n) is 6.06. The van der Waals surface area contributed by atoms with Gasteiger partial charge in [-0.3, -0.25) is 4.79 Å². The standard InChI is InChI=1S/C14H15ClN2O2/c1-9(2)14(18)16-8-10-7-13(17-19-10)11-5-3-4-6-12(11)15/h3-7,9H,8H2,1-2H3,(H,16,18). The first kappa shape index (κ1) is 13.6. The van der Waals surface area contributed by atoms with Gasteiger partial charge in [-0.25, -0.2) is 0 Å². The Morgan fingerprint density at radius 2 is 2.16 bits per heavy atom. The molecule has 1 aromatic carbocycles. The molecule has 1 N–H and O–H groups in total. The summed E-state index contributed by atoms with van der Waals surface area (Å²) in [5.41, 5.74) is 1.48. The maximum absolute atomic E-state index is 11.5. The summed E-state index contributed by atoms with van der Waals surface area (Å²) in [7, 11) is 0. The quantitative estimate of drug-likeness (QED) is 0.934. The number of carbonyl (C=O) groups is 1. The van der Waals surface area contributed by atoms with Crippen molar-refractivity contribution in [2.75, 3.05) is 0 Å². The summed E-state index contributed by atoms with van der Waals surface area (Å²) in [6.07, 6.45) is 0. The van der Waals surface area contributed by atoms with Crippen molar-refractivity contribution >= 4 is 17.5 Å². The van der Waals surface area contributed by atoms with E-state index in [2.05, 4.69) is 10.5 Å². The molecule has 0 aliphatic rings. The molecule has 4 nitrogen and oxygen atoms in total. The van der Waals surface area contributed by atoms with Crippen LogP contribution in [-0.2, 0) is 11.3 Å². The Labute approximate surface area is 116 Å². The molecule has 0 atom stereocenters. The lowest BCUT2D eigenvalue weighted by Gasteiger charge is -2.04. The molecule has 0 radical (unpaired) electrons. The number of aromatic nitrogens is 1. The Kier molecular flexibility index (Phi) is 4.22. The molecule has 0 saturated heterocycles. The smallest absolute Gasteiger partial charge is 0.222 e. The predicted octanol–water partition coefficient (Wildman–Crippen LogP) is 3.27. The molecule has 0 aliphatic carbocycles. The molecule has 19 heavy (non-hydrogen) atoms. The van der Waals surface area contributed by atoms with Gasteiger partial charge in [0.2, 0.25) is 5.91 Å². The number of hydrogen-bond acceptors (Lipinski definition) is 3. The Morgan fingerprint density at radius 3 is 2.84 bits per heavy atom. The van der Waals surface area contributed by atoms with E-state index >= 15 is 0 Å². The predicted molar refractivity (Wildman–Crippen MR) is 73.6 cm³/mol. The van der Waals surface area contributed by atoms with E-state index in [0.29, 0.717) is 23.0 Å². The number of benzene rings is 1. The molecule has 0 unspecified atom stereocenters. The van der Waals surface area contributed by atoms with E-state index in [1.807, 2.05) is 32.0 Å². The topological polar surface area (TPSA) is 55.1 Å². The van der Waals surface area contributed by atoms with Crippen LogP contribution in [0.2, 0.25) is 5.02 Å². The second-order valence-corrected chi connectivity index (χ2v) is 4.94. The zero-order chi connectivity index (χ0) is 13.8. The van der Waals surface area contributed by atoms with E-state index in [1.54, 1.807) is 12.1 Å². The molecular weight excluding hydrogens is 264 g/mol. The normalized spacial score (nSPS) is 10.7. The fourth-order valence-corrected chi connectivity index (χ4v) is 1.80. The Morgan fingerprint density at radius 1 is 1.42 bits per heavy atom. The van der Waals surface area contributed by atoms with Gasteiger partial charge < -0.3 is 9.84 Å². The number of nitrogens with one attached hydrogen (secondary N) is 1. The Balaban J connectivity index is 2.08. The van der Waals surface area contributed by atoms with E-state index in [9.17, 15) is 4.79 Å². The maximum Gasteiger partial charge on any atom is 0.222 e. The van der Waals surface area contributed by atoms with Crippen LogP contribution >= 0.6 is 11.6 Å². The van der Waals surface area contributed by atoms with E-state index in [4.69, 9.17) is 16.1 Å². The van der Waals surface area contributed by atoms with Crippen LogP contribution in [0.1, 0.15) is 19.6 Å². The number of amides is 1. The number of nitrogens with zero attached hydrogens (tertiary/aromatic N) is 1. The maximum atomic E-state index is 11.5. The SMILES string of the molecule is CC(C)C(=O)NCc1cc(-c2ccccc2Cl)no1. The van der Waals surface area contributed by atoms with Crippen LogP contribution in [-0.4, -0.2) is 11.1 Å². The summed E-state index contributed by atoms with van der Waals surface area (Å²) >= 11 is 6.09. The number of hydrogen-bond donors (Lipinski definition) is 1. The summed E-state index contributed by atoms with van der Waals surface area (Å²) in [6.45, 7) is 4.00. The van der Waals surface area contributed by atoms with Crippen LogP contribution < -0.4 is 5.32 Å². The molecule has 2 rings (SSSR count). The molecule has 5 heteroatoms. The van der Waals surface area contributed by atoms with Crippen molar-refractivity contribution in [2.45, 2.75) is 20.4 Å². The zero-order valence-corrected chi connectivity index (χ0v) is 11.6. The number of halogens is 1. The molecule has 1 aromatic heterocycles. The first-order chi connectivity index (χ1) is 9.08. The van der Waals surface area contributed by atoms with Gasteiger partial charge >= 0.3 is 0 Å². The Hall–Kier alpha value is -1.81. The van der Waals surface area contributed by atoms with E-state index in [0.717, 1.165) is 5.56 Å². The molecule has 0 bridgehead atoms. The van der Waals surface area contributed by atoms with Crippen LogP contribution in [0.5, 0.6) is 0 Å². The highest BCUT2D eigenvalue weighted by molar-refractivity contribution is 6.33. The van der Waals surface area contributed by atoms with Crippen molar-refractivity contribution in [3.63, 3.8) is 0 Å². The summed E-state index contributed by atoms with van der Waals surface area (Å²) in [4.78, 5) is 11.5. The van der Waals surface area contributed by atoms with Gasteiger partial charge in [-0.15, -0.1) is 0 Å². The fourth-order valence-electron chi connectivity index (χ4n) is 1.57. The highest BCUT2D eigenvalue weighted by Gasteiger charge is 2.11. The van der Waals surface area contributed by atoms with Crippen LogP contribution in [0.15, 0.2) is 34.9 Å². The van der Waals surface area contributed by atoms with Crippen LogP contribution in [0.25, 0.3) is 11.3 Å².